The number of rotatable bonds is 7. The minimum absolute atomic E-state index is 0.248. The molecule has 0 saturated carbocycles. The SMILES string of the molecule is CC(C)C(N)C(=O)OCOc1c2n(ccc1=O)N([C@@H]1c3ccccc3SCc3c(Cl)cccc31)CN([C@H](C)C(F)(F)F)C2=O. The zero-order chi connectivity index (χ0) is 31.9. The standard InChI is InChI=1S/C30H30ClF3N4O5S/c1-16(2)24(35)29(41)43-15-42-27-22(39)11-12-37-26(27)28(40)36(17(3)30(32,33)34)14-38(37)25-18-8-6-9-21(31)20(18)13-44-23-10-5-4-7-19(23)25/h4-12,16-17,24-25H,13-15,35H2,1-3H3/t17-,24?,25+/m1/s1. The third-order valence-electron chi connectivity index (χ3n) is 7.74. The fourth-order valence-electron chi connectivity index (χ4n) is 5.14. The number of ether oxygens (including phenoxy) is 2. The summed E-state index contributed by atoms with van der Waals surface area (Å²) in [6.07, 6.45) is -3.45. The molecule has 2 N–H and O–H groups in total. The molecule has 0 radical (unpaired) electrons. The van der Waals surface area contributed by atoms with Crippen LogP contribution in [0.15, 0.2) is 64.4 Å². The summed E-state index contributed by atoms with van der Waals surface area (Å²) in [6, 6.07) is 10.1. The summed E-state index contributed by atoms with van der Waals surface area (Å²) in [5.74, 6) is -2.18. The number of fused-ring (bicyclic) bond motifs is 3. The van der Waals surface area contributed by atoms with Crippen LogP contribution in [-0.2, 0) is 15.3 Å². The molecule has 2 aliphatic rings. The predicted octanol–water partition coefficient (Wildman–Crippen LogP) is 5.06. The summed E-state index contributed by atoms with van der Waals surface area (Å²) in [5, 5.41) is 2.07. The lowest BCUT2D eigenvalue weighted by Gasteiger charge is -2.46. The van der Waals surface area contributed by atoms with Crippen LogP contribution in [0.25, 0.3) is 0 Å². The molecule has 3 atom stereocenters. The number of carbonyl (C=O) groups excluding carboxylic acids is 2. The number of aromatic nitrogens is 1. The summed E-state index contributed by atoms with van der Waals surface area (Å²) in [7, 11) is 0. The number of alkyl halides is 3. The van der Waals surface area contributed by atoms with E-state index in [0.717, 1.165) is 34.6 Å². The Kier molecular flexibility index (Phi) is 8.92. The van der Waals surface area contributed by atoms with E-state index >= 15 is 0 Å². The number of hydrogen-bond donors (Lipinski definition) is 1. The fraction of sp³-hybridized carbons (Fsp3) is 0.367. The molecule has 1 amide bonds. The number of nitrogens with two attached hydrogens (primary N) is 1. The highest BCUT2D eigenvalue weighted by molar-refractivity contribution is 7.98. The van der Waals surface area contributed by atoms with E-state index in [0.29, 0.717) is 15.7 Å². The Hall–Kier alpha value is -3.68. The van der Waals surface area contributed by atoms with E-state index < -0.39 is 66.5 Å². The molecule has 0 aliphatic carbocycles. The quantitative estimate of drug-likeness (QED) is 0.279. The predicted molar refractivity (Wildman–Crippen MR) is 159 cm³/mol. The van der Waals surface area contributed by atoms with Crippen LogP contribution < -0.4 is 20.9 Å². The van der Waals surface area contributed by atoms with Gasteiger partial charge in [-0.05, 0) is 41.7 Å². The second kappa shape index (κ2) is 12.4. The van der Waals surface area contributed by atoms with Crippen molar-refractivity contribution >= 4 is 35.2 Å². The maximum Gasteiger partial charge on any atom is 0.408 e. The lowest BCUT2D eigenvalue weighted by molar-refractivity contribution is -0.173. The maximum absolute atomic E-state index is 14.2. The van der Waals surface area contributed by atoms with Crippen LogP contribution in [-0.4, -0.2) is 53.2 Å². The molecule has 0 saturated heterocycles. The molecular formula is C30H30ClF3N4O5S. The third-order valence-corrected chi connectivity index (χ3v) is 9.21. The maximum atomic E-state index is 14.2. The monoisotopic (exact) mass is 650 g/mol. The molecule has 3 aromatic rings. The number of esters is 1. The molecule has 14 heteroatoms. The fourth-order valence-corrected chi connectivity index (χ4v) is 6.61. The van der Waals surface area contributed by atoms with E-state index in [1.807, 2.05) is 30.3 Å². The Labute approximate surface area is 260 Å². The molecule has 1 unspecified atom stereocenters. The number of carbonyl (C=O) groups is 2. The smallest absolute Gasteiger partial charge is 0.408 e. The summed E-state index contributed by atoms with van der Waals surface area (Å²) in [6.45, 7) is 3.04. The highest BCUT2D eigenvalue weighted by atomic mass is 35.5. The summed E-state index contributed by atoms with van der Waals surface area (Å²) in [5.41, 5.74) is 6.89. The molecule has 2 aromatic carbocycles. The van der Waals surface area contributed by atoms with Crippen molar-refractivity contribution in [3.05, 3.63) is 92.4 Å². The summed E-state index contributed by atoms with van der Waals surface area (Å²) >= 11 is 8.17. The van der Waals surface area contributed by atoms with Gasteiger partial charge in [0, 0.05) is 27.9 Å². The van der Waals surface area contributed by atoms with Gasteiger partial charge in [0.1, 0.15) is 18.8 Å². The van der Waals surface area contributed by atoms with Crippen molar-refractivity contribution in [3.63, 3.8) is 0 Å². The largest absolute Gasteiger partial charge is 0.451 e. The third kappa shape index (κ3) is 5.87. The van der Waals surface area contributed by atoms with E-state index in [9.17, 15) is 27.6 Å². The van der Waals surface area contributed by atoms with Gasteiger partial charge in [0.05, 0.1) is 6.04 Å². The minimum Gasteiger partial charge on any atom is -0.451 e. The van der Waals surface area contributed by atoms with Gasteiger partial charge in [-0.15, -0.1) is 11.8 Å². The van der Waals surface area contributed by atoms with Crippen molar-refractivity contribution in [3.8, 4) is 5.75 Å². The number of nitrogens with zero attached hydrogens (tertiary/aromatic N) is 3. The second-order valence-corrected chi connectivity index (χ2v) is 12.2. The number of amides is 1. The van der Waals surface area contributed by atoms with E-state index in [4.69, 9.17) is 26.8 Å². The highest BCUT2D eigenvalue weighted by Crippen LogP contribution is 2.45. The minimum atomic E-state index is -4.78. The zero-order valence-electron chi connectivity index (χ0n) is 24.0. The first-order chi connectivity index (χ1) is 20.8. The molecule has 234 valence electrons. The van der Waals surface area contributed by atoms with Gasteiger partial charge >= 0.3 is 12.1 Å². The number of thioether (sulfide) groups is 1. The van der Waals surface area contributed by atoms with Crippen molar-refractivity contribution in [2.75, 3.05) is 18.5 Å². The van der Waals surface area contributed by atoms with Gasteiger partial charge < -0.3 is 20.1 Å². The van der Waals surface area contributed by atoms with Crippen LogP contribution in [0.3, 0.4) is 0 Å². The molecular weight excluding hydrogens is 621 g/mol. The number of halogens is 4. The normalized spacial score (nSPS) is 17.8. The molecule has 44 heavy (non-hydrogen) atoms. The van der Waals surface area contributed by atoms with Gasteiger partial charge in [-0.1, -0.05) is 55.8 Å². The molecule has 3 heterocycles. The van der Waals surface area contributed by atoms with Gasteiger partial charge in [-0.25, -0.2) is 0 Å². The van der Waals surface area contributed by atoms with Crippen molar-refractivity contribution < 1.29 is 32.2 Å². The van der Waals surface area contributed by atoms with Gasteiger partial charge in [-0.2, -0.15) is 13.2 Å². The lowest BCUT2D eigenvalue weighted by Crippen LogP contribution is -2.60. The average molecular weight is 651 g/mol. The van der Waals surface area contributed by atoms with E-state index in [1.54, 1.807) is 31.0 Å². The second-order valence-electron chi connectivity index (χ2n) is 10.8. The van der Waals surface area contributed by atoms with Crippen molar-refractivity contribution in [2.24, 2.45) is 11.7 Å². The van der Waals surface area contributed by atoms with Gasteiger partial charge in [-0.3, -0.25) is 24.1 Å². The summed E-state index contributed by atoms with van der Waals surface area (Å²) in [4.78, 5) is 40.7. The van der Waals surface area contributed by atoms with Gasteiger partial charge in [0.2, 0.25) is 18.0 Å². The van der Waals surface area contributed by atoms with E-state index in [1.165, 1.54) is 22.6 Å². The lowest BCUT2D eigenvalue weighted by atomic mass is 9.94. The Morgan fingerprint density at radius 2 is 1.80 bits per heavy atom. The Bertz CT molecular complexity index is 1650. The zero-order valence-corrected chi connectivity index (χ0v) is 25.6. The number of hydrogen-bond acceptors (Lipinski definition) is 8. The van der Waals surface area contributed by atoms with Crippen LogP contribution in [0.2, 0.25) is 5.02 Å². The molecule has 5 rings (SSSR count). The Morgan fingerprint density at radius 1 is 1.09 bits per heavy atom. The van der Waals surface area contributed by atoms with Gasteiger partial charge in [0.15, 0.2) is 5.69 Å². The topological polar surface area (TPSA) is 107 Å². The van der Waals surface area contributed by atoms with Crippen LogP contribution in [0.4, 0.5) is 13.2 Å². The first-order valence-corrected chi connectivity index (χ1v) is 15.1. The van der Waals surface area contributed by atoms with Crippen LogP contribution >= 0.6 is 23.4 Å². The van der Waals surface area contributed by atoms with E-state index in [2.05, 4.69) is 0 Å². The molecule has 0 bridgehead atoms. The van der Waals surface area contributed by atoms with Crippen LogP contribution in [0, 0.1) is 5.92 Å². The molecule has 0 spiro atoms. The molecule has 9 nitrogen and oxygen atoms in total. The average Bonchev–Trinajstić information content (AvgIpc) is 3.15. The molecule has 2 aliphatic heterocycles. The van der Waals surface area contributed by atoms with Gasteiger partial charge in [0.25, 0.3) is 5.91 Å². The first kappa shape index (κ1) is 31.7. The number of pyridine rings is 1. The van der Waals surface area contributed by atoms with Crippen molar-refractivity contribution in [1.82, 2.24) is 9.58 Å². The Morgan fingerprint density at radius 3 is 2.50 bits per heavy atom. The van der Waals surface area contributed by atoms with Crippen molar-refractivity contribution in [2.45, 2.75) is 55.7 Å². The summed E-state index contributed by atoms with van der Waals surface area (Å²) < 4.78 is 54.4. The van der Waals surface area contributed by atoms with Crippen LogP contribution in [0.1, 0.15) is 54.0 Å². The molecule has 0 fully saturated rings. The van der Waals surface area contributed by atoms with Crippen molar-refractivity contribution in [1.29, 1.82) is 0 Å². The van der Waals surface area contributed by atoms with E-state index in [-0.39, 0.29) is 5.92 Å². The highest BCUT2D eigenvalue weighted by Gasteiger charge is 2.48. The number of benzene rings is 2. The van der Waals surface area contributed by atoms with Crippen LogP contribution in [0.5, 0.6) is 5.75 Å². The Balaban J connectivity index is 1.67. The molecule has 1 aromatic heterocycles. The first-order valence-electron chi connectivity index (χ1n) is 13.8.